The van der Waals surface area contributed by atoms with Crippen molar-refractivity contribution in [2.24, 2.45) is 91.7 Å². The topological polar surface area (TPSA) is 168 Å². The van der Waals surface area contributed by atoms with Gasteiger partial charge < -0.3 is 42.6 Å². The highest BCUT2D eigenvalue weighted by Crippen LogP contribution is 2.98. The van der Waals surface area contributed by atoms with Crippen molar-refractivity contribution in [3.05, 3.63) is 119 Å². The molecule has 14 heteroatoms. The fourth-order valence-corrected chi connectivity index (χ4v) is 26.0. The third-order valence-corrected chi connectivity index (χ3v) is 26.9. The molecular formula is C71H69N3O11. The molecule has 5 heterocycles. The number of anilines is 1. The molecule has 5 aliphatic heterocycles. The van der Waals surface area contributed by atoms with Gasteiger partial charge in [0.1, 0.15) is 45.8 Å². The van der Waals surface area contributed by atoms with E-state index < -0.39 is 56.9 Å². The quantitative estimate of drug-likeness (QED) is 0.0446. The Hall–Kier alpha value is -6.62. The first-order chi connectivity index (χ1) is 41.6. The van der Waals surface area contributed by atoms with Gasteiger partial charge >= 0.3 is 0 Å². The molecule has 18 rings (SSSR count). The van der Waals surface area contributed by atoms with Crippen LogP contribution in [0.25, 0.3) is 33.0 Å². The molecule has 0 aromatic heterocycles. The maximum Gasteiger partial charge on any atom is 0.246 e. The minimum Gasteiger partial charge on any atom is -0.497 e. The summed E-state index contributed by atoms with van der Waals surface area (Å²) >= 11 is 0. The minimum atomic E-state index is -1.42. The van der Waals surface area contributed by atoms with E-state index in [1.165, 1.54) is 11.1 Å². The second-order valence-corrected chi connectivity index (χ2v) is 27.7. The molecule has 14 nitrogen and oxygen atoms in total. The number of hydrogen-bond donors (Lipinski definition) is 0. The van der Waals surface area contributed by atoms with Crippen molar-refractivity contribution < 1.29 is 52.2 Å². The van der Waals surface area contributed by atoms with Crippen LogP contribution in [0.1, 0.15) is 48.6 Å². The van der Waals surface area contributed by atoms with E-state index in [1.807, 2.05) is 64.8 Å². The molecular weight excluding hydrogens is 1070 g/mol. The first kappa shape index (κ1) is 51.6. The number of benzene rings is 5. The van der Waals surface area contributed by atoms with E-state index in [-0.39, 0.29) is 88.4 Å². The molecule has 12 fully saturated rings. The third-order valence-electron chi connectivity index (χ3n) is 26.9. The van der Waals surface area contributed by atoms with Gasteiger partial charge in [-0.25, -0.2) is 4.90 Å². The average molecular weight is 1140 g/mol. The lowest BCUT2D eigenvalue weighted by Crippen LogP contribution is -2.85. The molecule has 22 atom stereocenters. The van der Waals surface area contributed by atoms with Crippen molar-refractivity contribution in [2.75, 3.05) is 81.1 Å². The number of fused-ring (bicyclic) bond motifs is 35. The number of amides is 2. The van der Waals surface area contributed by atoms with Gasteiger partial charge in [-0.3, -0.25) is 9.59 Å². The van der Waals surface area contributed by atoms with E-state index in [4.69, 9.17) is 42.6 Å². The maximum atomic E-state index is 17.2. The predicted octanol–water partition coefficient (Wildman–Crippen LogP) is 10.2. The number of carbonyl (C=O) groups excluding carboxylic acids is 2. The number of rotatable bonds is 14. The van der Waals surface area contributed by atoms with Crippen LogP contribution in [0.5, 0.6) is 17.2 Å². The highest BCUT2D eigenvalue weighted by atomic mass is 16.6. The molecule has 0 spiro atoms. The summed E-state index contributed by atoms with van der Waals surface area (Å²) in [5, 5.41) is 22.9. The summed E-state index contributed by atoms with van der Waals surface area (Å²) in [6.45, 7) is 1.65. The van der Waals surface area contributed by atoms with Crippen LogP contribution >= 0.6 is 0 Å². The molecule has 434 valence electrons. The number of carbonyl (C=O) groups is 2. The molecule has 0 radical (unpaired) electrons. The second kappa shape index (κ2) is 16.9. The van der Waals surface area contributed by atoms with Crippen LogP contribution in [-0.2, 0) is 38.0 Å². The molecule has 7 saturated carbocycles. The SMILES string of the molecule is COC[C@@]12[C@@H]3[C@@H]([C@@H]4O[C@H]3[C@]35C(=O)N(c6ccc(OC)cc6)C(=O)[C@]43[C@@H]3O[C@H]5[C@@H]4[C@H]3[C@@]3(COC)[C@@H]5C[C@@H]([C@@H]6[C@H]5[C@@H]5CC[C@H]6C5=C(C#N)C#N)[C@@]43COC)[C@]1(COC)[C@H]1C[C@@H]2c2c1c(-c1ccccc1)c1c(OC)ccc(OC)c1c2-c1ccccc1. The van der Waals surface area contributed by atoms with Crippen molar-refractivity contribution in [1.29, 1.82) is 10.5 Å². The van der Waals surface area contributed by atoms with E-state index in [9.17, 15) is 10.5 Å². The molecule has 85 heavy (non-hydrogen) atoms. The van der Waals surface area contributed by atoms with Gasteiger partial charge in [0, 0.05) is 84.5 Å². The number of hydrogen-bond acceptors (Lipinski definition) is 13. The third kappa shape index (κ3) is 4.94. The zero-order valence-corrected chi connectivity index (χ0v) is 49.0. The highest BCUT2D eigenvalue weighted by Gasteiger charge is 3.05. The smallest absolute Gasteiger partial charge is 0.246 e. The van der Waals surface area contributed by atoms with Crippen LogP contribution in [0.15, 0.2) is 108 Å². The minimum absolute atomic E-state index is 0.111. The molecule has 10 bridgehead atoms. The van der Waals surface area contributed by atoms with E-state index in [0.717, 1.165) is 75.8 Å². The monoisotopic (exact) mass is 1140 g/mol. The van der Waals surface area contributed by atoms with Crippen molar-refractivity contribution >= 4 is 28.3 Å². The fraction of sp³-hybridized carbons (Fsp3) is 0.521. The normalized spacial score (nSPS) is 43.4. The summed E-state index contributed by atoms with van der Waals surface area (Å²) in [4.78, 5) is 36.0. The summed E-state index contributed by atoms with van der Waals surface area (Å²) < 4.78 is 61.3. The van der Waals surface area contributed by atoms with E-state index in [1.54, 1.807) is 26.2 Å². The first-order valence-corrected chi connectivity index (χ1v) is 30.8. The highest BCUT2D eigenvalue weighted by molar-refractivity contribution is 6.27. The van der Waals surface area contributed by atoms with Gasteiger partial charge in [-0.05, 0) is 148 Å². The Balaban J connectivity index is 0.897. The van der Waals surface area contributed by atoms with Crippen LogP contribution in [0.4, 0.5) is 5.69 Å². The largest absolute Gasteiger partial charge is 0.497 e. The molecule has 2 amide bonds. The molecule has 13 aliphatic rings. The van der Waals surface area contributed by atoms with Gasteiger partial charge in [0.05, 0.1) is 77.9 Å². The Morgan fingerprint density at radius 1 is 0.529 bits per heavy atom. The number of allylic oxidation sites excluding steroid dienone is 2. The Bertz CT molecular complexity index is 3700. The Kier molecular flexibility index (Phi) is 10.3. The lowest BCUT2D eigenvalue weighted by Gasteiger charge is -2.78. The number of nitriles is 2. The van der Waals surface area contributed by atoms with Crippen LogP contribution in [0.3, 0.4) is 0 Å². The summed E-state index contributed by atoms with van der Waals surface area (Å²) in [7, 11) is 12.4. The lowest BCUT2D eigenvalue weighted by molar-refractivity contribution is -0.330. The second-order valence-electron chi connectivity index (χ2n) is 27.7. The van der Waals surface area contributed by atoms with Crippen LogP contribution < -0.4 is 19.1 Å². The van der Waals surface area contributed by atoms with E-state index in [0.29, 0.717) is 37.9 Å². The fourth-order valence-electron chi connectivity index (χ4n) is 26.0. The van der Waals surface area contributed by atoms with Crippen molar-refractivity contribution in [3.8, 4) is 51.6 Å². The standard InChI is InChI=1S/C71H69N3O11/c1-77-30-66-41-26-42(51-40-23-22-39(50(41)51)47(40)36(28-72)29-73)67(66,31-78-2)57-56(66)60-70-62-58-59(63(85-62)71(70,61(57)84-60)65(76)74(64(70)75)37-18-20-38(81-5)21-19-37)69(33-80-4)44-27-43(68(58,69)32-79-3)52-48(34-14-10-8-11-15-34)54-45(82-6)24-25-46(83-7)55(54)49(53(44)52)35-16-12-9-13-17-35/h8-21,24-25,39-44,50-51,56-63H,22-23,26-27,30-33H2,1-7H3/t39-,40+,41-,42+,43+,44-,50+,51-,56-,57+,58+,59-,60-,61+,62+,63-,66-,67+,68+,69-,70+,71-. The van der Waals surface area contributed by atoms with Gasteiger partial charge in [-0.15, -0.1) is 0 Å². The van der Waals surface area contributed by atoms with E-state index >= 15 is 9.59 Å². The molecule has 0 unspecified atom stereocenters. The first-order valence-electron chi connectivity index (χ1n) is 30.8. The number of methoxy groups -OCH3 is 7. The molecule has 8 aliphatic carbocycles. The molecule has 5 aromatic rings. The molecule has 5 saturated heterocycles. The van der Waals surface area contributed by atoms with Crippen LogP contribution in [0, 0.1) is 114 Å². The molecule has 0 N–H and O–H groups in total. The number of ether oxygens (including phenoxy) is 9. The number of nitrogens with zero attached hydrogens (tertiary/aromatic N) is 3. The van der Waals surface area contributed by atoms with Gasteiger partial charge in [0.15, 0.2) is 0 Å². The van der Waals surface area contributed by atoms with Crippen LogP contribution in [0.2, 0.25) is 0 Å². The zero-order chi connectivity index (χ0) is 57.8. The average Bonchev–Trinajstić information content (AvgIpc) is 1.41. The Morgan fingerprint density at radius 2 is 0.941 bits per heavy atom. The summed E-state index contributed by atoms with van der Waals surface area (Å²) in [5.41, 5.74) is 3.63. The van der Waals surface area contributed by atoms with Crippen LogP contribution in [-0.4, -0.2) is 112 Å². The maximum absolute atomic E-state index is 17.2. The summed E-state index contributed by atoms with van der Waals surface area (Å²) in [6, 6.07) is 37.5. The number of imide groups is 1. The lowest BCUT2D eigenvalue weighted by atomic mass is 9.22. The Labute approximate surface area is 494 Å². The van der Waals surface area contributed by atoms with Gasteiger partial charge in [0.25, 0.3) is 0 Å². The van der Waals surface area contributed by atoms with Gasteiger partial charge in [-0.2, -0.15) is 10.5 Å². The predicted molar refractivity (Wildman–Crippen MR) is 310 cm³/mol. The molecule has 5 aromatic carbocycles. The van der Waals surface area contributed by atoms with E-state index in [2.05, 4.69) is 72.8 Å². The Morgan fingerprint density at radius 3 is 1.33 bits per heavy atom. The van der Waals surface area contributed by atoms with Crippen molar-refractivity contribution in [1.82, 2.24) is 0 Å². The summed E-state index contributed by atoms with van der Waals surface area (Å²) in [5.74, 6) is 1.69. The zero-order valence-electron chi connectivity index (χ0n) is 49.0. The summed E-state index contributed by atoms with van der Waals surface area (Å²) in [6.07, 6.45) is 0.872. The van der Waals surface area contributed by atoms with Gasteiger partial charge in [-0.1, -0.05) is 60.7 Å². The van der Waals surface area contributed by atoms with Crippen molar-refractivity contribution in [3.63, 3.8) is 0 Å². The van der Waals surface area contributed by atoms with Gasteiger partial charge in [0.2, 0.25) is 11.8 Å². The van der Waals surface area contributed by atoms with Crippen molar-refractivity contribution in [2.45, 2.75) is 61.9 Å².